The standard InChI is InChI=1S/C9H12F3N5O2/c10-9(11,12)5-16(4-8(18)19)3-7-13-14-15-17(7)6-1-2-6/h6H,1-5H2,(H,18,19). The fraction of sp³-hybridized carbons (Fsp3) is 0.778. The number of halogens is 3. The molecule has 0 radical (unpaired) electrons. The minimum Gasteiger partial charge on any atom is -0.480 e. The van der Waals surface area contributed by atoms with Crippen LogP contribution in [0.25, 0.3) is 0 Å². The number of hydrogen-bond acceptors (Lipinski definition) is 5. The fourth-order valence-electron chi connectivity index (χ4n) is 1.73. The molecule has 1 fully saturated rings. The molecule has 1 saturated carbocycles. The zero-order valence-electron chi connectivity index (χ0n) is 9.84. The van der Waals surface area contributed by atoms with Crippen molar-refractivity contribution in [2.45, 2.75) is 31.6 Å². The Morgan fingerprint density at radius 3 is 2.68 bits per heavy atom. The normalized spacial score (nSPS) is 16.0. The van der Waals surface area contributed by atoms with E-state index in [9.17, 15) is 18.0 Å². The van der Waals surface area contributed by atoms with Crippen molar-refractivity contribution in [1.29, 1.82) is 0 Å². The summed E-state index contributed by atoms with van der Waals surface area (Å²) in [5, 5.41) is 19.4. The summed E-state index contributed by atoms with van der Waals surface area (Å²) >= 11 is 0. The van der Waals surface area contributed by atoms with Crippen molar-refractivity contribution in [1.82, 2.24) is 25.1 Å². The van der Waals surface area contributed by atoms with Crippen molar-refractivity contribution in [3.05, 3.63) is 5.82 Å². The molecule has 7 nitrogen and oxygen atoms in total. The molecule has 0 amide bonds. The molecule has 0 saturated heterocycles. The van der Waals surface area contributed by atoms with Crippen LogP contribution in [-0.4, -0.2) is 55.4 Å². The molecular formula is C9H12F3N5O2. The molecule has 0 bridgehead atoms. The van der Waals surface area contributed by atoms with E-state index >= 15 is 0 Å². The van der Waals surface area contributed by atoms with E-state index < -0.39 is 25.2 Å². The molecule has 0 unspecified atom stereocenters. The molecule has 1 aromatic heterocycles. The van der Waals surface area contributed by atoms with Crippen LogP contribution in [-0.2, 0) is 11.3 Å². The van der Waals surface area contributed by atoms with Crippen LogP contribution < -0.4 is 0 Å². The molecule has 1 heterocycles. The van der Waals surface area contributed by atoms with Gasteiger partial charge in [-0.15, -0.1) is 5.10 Å². The van der Waals surface area contributed by atoms with E-state index in [1.54, 1.807) is 0 Å². The number of aromatic nitrogens is 4. The van der Waals surface area contributed by atoms with E-state index in [-0.39, 0.29) is 18.4 Å². The molecule has 10 heteroatoms. The first-order valence-electron chi connectivity index (χ1n) is 5.63. The summed E-state index contributed by atoms with van der Waals surface area (Å²) in [5.41, 5.74) is 0. The van der Waals surface area contributed by atoms with Crippen molar-refractivity contribution >= 4 is 5.97 Å². The Kier molecular flexibility index (Phi) is 3.69. The second kappa shape index (κ2) is 5.11. The maximum atomic E-state index is 12.4. The summed E-state index contributed by atoms with van der Waals surface area (Å²) in [4.78, 5) is 11.3. The average molecular weight is 279 g/mol. The van der Waals surface area contributed by atoms with Crippen LogP contribution >= 0.6 is 0 Å². The van der Waals surface area contributed by atoms with Crippen LogP contribution in [0.15, 0.2) is 0 Å². The van der Waals surface area contributed by atoms with Gasteiger partial charge in [0.05, 0.1) is 25.7 Å². The highest BCUT2D eigenvalue weighted by molar-refractivity contribution is 5.69. The van der Waals surface area contributed by atoms with Crippen molar-refractivity contribution in [3.63, 3.8) is 0 Å². The summed E-state index contributed by atoms with van der Waals surface area (Å²) in [6.07, 6.45) is -2.69. The predicted octanol–water partition coefficient (Wildman–Crippen LogP) is 0.457. The Balaban J connectivity index is 2.05. The largest absolute Gasteiger partial charge is 0.480 e. The lowest BCUT2D eigenvalue weighted by Gasteiger charge is -2.20. The number of alkyl halides is 3. The number of hydrogen-bond donors (Lipinski definition) is 1. The third kappa shape index (κ3) is 4.16. The van der Waals surface area contributed by atoms with E-state index in [0.29, 0.717) is 0 Å². The third-order valence-corrected chi connectivity index (χ3v) is 2.58. The van der Waals surface area contributed by atoms with Crippen molar-refractivity contribution in [3.8, 4) is 0 Å². The van der Waals surface area contributed by atoms with Gasteiger partial charge in [-0.3, -0.25) is 9.69 Å². The van der Waals surface area contributed by atoms with Crippen molar-refractivity contribution in [2.75, 3.05) is 13.1 Å². The smallest absolute Gasteiger partial charge is 0.401 e. The quantitative estimate of drug-likeness (QED) is 0.814. The SMILES string of the molecule is O=C(O)CN(Cc1nnnn1C1CC1)CC(F)(F)F. The number of tetrazole rings is 1. The van der Waals surface area contributed by atoms with Crippen LogP contribution in [0.5, 0.6) is 0 Å². The fourth-order valence-corrected chi connectivity index (χ4v) is 1.73. The number of aliphatic carboxylic acids is 1. The maximum Gasteiger partial charge on any atom is 0.401 e. The van der Waals surface area contributed by atoms with Gasteiger partial charge in [0, 0.05) is 0 Å². The van der Waals surface area contributed by atoms with Crippen LogP contribution in [0.1, 0.15) is 24.7 Å². The number of carbonyl (C=O) groups is 1. The summed E-state index contributed by atoms with van der Waals surface area (Å²) < 4.78 is 38.6. The van der Waals surface area contributed by atoms with E-state index in [4.69, 9.17) is 5.11 Å². The first-order valence-corrected chi connectivity index (χ1v) is 5.63. The van der Waals surface area contributed by atoms with Crippen LogP contribution in [0, 0.1) is 0 Å². The molecule has 2 rings (SSSR count). The molecule has 0 atom stereocenters. The number of carboxylic acids is 1. The number of carboxylic acid groups (broad SMARTS) is 1. The highest BCUT2D eigenvalue weighted by atomic mass is 19.4. The van der Waals surface area contributed by atoms with E-state index in [2.05, 4.69) is 15.5 Å². The summed E-state index contributed by atoms with van der Waals surface area (Å²) in [7, 11) is 0. The summed E-state index contributed by atoms with van der Waals surface area (Å²) in [6, 6.07) is 0.127. The average Bonchev–Trinajstić information content (AvgIpc) is 2.97. The van der Waals surface area contributed by atoms with Gasteiger partial charge in [-0.1, -0.05) is 0 Å². The molecule has 1 aliphatic rings. The van der Waals surface area contributed by atoms with Gasteiger partial charge in [0.15, 0.2) is 5.82 Å². The zero-order chi connectivity index (χ0) is 14.0. The first-order chi connectivity index (χ1) is 8.85. The number of rotatable bonds is 6. The Hall–Kier alpha value is -1.71. The molecule has 0 spiro atoms. The topological polar surface area (TPSA) is 84.1 Å². The lowest BCUT2D eigenvalue weighted by Crippen LogP contribution is -2.38. The highest BCUT2D eigenvalue weighted by Gasteiger charge is 2.33. The molecule has 0 aliphatic heterocycles. The van der Waals surface area contributed by atoms with Gasteiger partial charge in [0.2, 0.25) is 0 Å². The first kappa shape index (κ1) is 13.7. The van der Waals surface area contributed by atoms with E-state index in [0.717, 1.165) is 17.7 Å². The van der Waals surface area contributed by atoms with Crippen LogP contribution in [0.2, 0.25) is 0 Å². The van der Waals surface area contributed by atoms with Crippen molar-refractivity contribution < 1.29 is 23.1 Å². The summed E-state index contributed by atoms with van der Waals surface area (Å²) in [5.74, 6) is -1.07. The predicted molar refractivity (Wildman–Crippen MR) is 55.1 cm³/mol. The minimum absolute atomic E-state index is 0.127. The van der Waals surface area contributed by atoms with E-state index in [1.807, 2.05) is 0 Å². The lowest BCUT2D eigenvalue weighted by molar-refractivity contribution is -0.155. The molecule has 0 aromatic carbocycles. The monoisotopic (exact) mass is 279 g/mol. The Morgan fingerprint density at radius 2 is 2.16 bits per heavy atom. The highest BCUT2D eigenvalue weighted by Crippen LogP contribution is 2.34. The minimum atomic E-state index is -4.46. The van der Waals surface area contributed by atoms with Crippen LogP contribution in [0.4, 0.5) is 13.2 Å². The second-order valence-corrected chi connectivity index (χ2v) is 4.42. The van der Waals surface area contributed by atoms with E-state index in [1.165, 1.54) is 4.68 Å². The van der Waals surface area contributed by atoms with Gasteiger partial charge in [-0.25, -0.2) is 4.68 Å². The summed E-state index contributed by atoms with van der Waals surface area (Å²) in [6.45, 7) is -2.26. The zero-order valence-corrected chi connectivity index (χ0v) is 9.84. The van der Waals surface area contributed by atoms with Crippen LogP contribution in [0.3, 0.4) is 0 Å². The molecule has 106 valence electrons. The molecule has 1 aromatic rings. The second-order valence-electron chi connectivity index (χ2n) is 4.42. The molecular weight excluding hydrogens is 267 g/mol. The maximum absolute atomic E-state index is 12.4. The Labute approximate surface area is 106 Å². The van der Waals surface area contributed by atoms with Gasteiger partial charge in [-0.2, -0.15) is 13.2 Å². The van der Waals surface area contributed by atoms with Crippen molar-refractivity contribution in [2.24, 2.45) is 0 Å². The molecule has 19 heavy (non-hydrogen) atoms. The lowest BCUT2D eigenvalue weighted by atomic mass is 10.4. The molecule has 1 aliphatic carbocycles. The molecule has 1 N–H and O–H groups in total. The van der Waals surface area contributed by atoms with Gasteiger partial charge < -0.3 is 5.11 Å². The van der Waals surface area contributed by atoms with Gasteiger partial charge in [0.1, 0.15) is 0 Å². The number of nitrogens with zero attached hydrogens (tertiary/aromatic N) is 5. The van der Waals surface area contributed by atoms with Gasteiger partial charge in [-0.05, 0) is 23.3 Å². The third-order valence-electron chi connectivity index (χ3n) is 2.58. The Morgan fingerprint density at radius 1 is 1.47 bits per heavy atom. The van der Waals surface area contributed by atoms with Gasteiger partial charge in [0.25, 0.3) is 0 Å². The van der Waals surface area contributed by atoms with Gasteiger partial charge >= 0.3 is 12.1 Å². The Bertz CT molecular complexity index is 457.